The number of rotatable bonds is 5. The van der Waals surface area contributed by atoms with Crippen LogP contribution in [-0.2, 0) is 0 Å². The zero-order valence-electron chi connectivity index (χ0n) is 11.1. The van der Waals surface area contributed by atoms with E-state index in [1.807, 2.05) is 6.92 Å². The summed E-state index contributed by atoms with van der Waals surface area (Å²) in [5.41, 5.74) is 1.36. The van der Waals surface area contributed by atoms with Gasteiger partial charge in [0, 0.05) is 11.7 Å². The topological polar surface area (TPSA) is 21.3 Å². The van der Waals surface area contributed by atoms with Crippen LogP contribution in [0.25, 0.3) is 0 Å². The summed E-state index contributed by atoms with van der Waals surface area (Å²) in [4.78, 5) is 0. The van der Waals surface area contributed by atoms with Crippen molar-refractivity contribution in [2.75, 3.05) is 5.32 Å². The number of anilines is 1. The highest BCUT2D eigenvalue weighted by molar-refractivity contribution is 9.10. The van der Waals surface area contributed by atoms with Gasteiger partial charge in [-0.3, -0.25) is 0 Å². The molecule has 6 heteroatoms. The fourth-order valence-electron chi connectivity index (χ4n) is 1.88. The summed E-state index contributed by atoms with van der Waals surface area (Å²) < 4.78 is 42.6. The third-order valence-electron chi connectivity index (χ3n) is 2.89. The quantitative estimate of drug-likeness (QED) is 0.775. The van der Waals surface area contributed by atoms with E-state index in [0.717, 1.165) is 5.56 Å². The second kappa shape index (κ2) is 6.85. The number of nitrogens with one attached hydrogen (secondary N) is 1. The predicted octanol–water partition coefficient (Wildman–Crippen LogP) is 5.36. The Morgan fingerprint density at radius 1 is 1.14 bits per heavy atom. The van der Waals surface area contributed by atoms with Crippen LogP contribution >= 0.6 is 15.9 Å². The summed E-state index contributed by atoms with van der Waals surface area (Å²) in [6.45, 7) is -1.01. The minimum absolute atomic E-state index is 0.0955. The zero-order valence-corrected chi connectivity index (χ0v) is 12.7. The van der Waals surface area contributed by atoms with Crippen molar-refractivity contribution in [2.24, 2.45) is 0 Å². The fourth-order valence-corrected chi connectivity index (χ4v) is 2.13. The van der Waals surface area contributed by atoms with Gasteiger partial charge in [-0.05, 0) is 58.7 Å². The van der Waals surface area contributed by atoms with Gasteiger partial charge in [0.2, 0.25) is 0 Å². The molecule has 0 aliphatic heterocycles. The van der Waals surface area contributed by atoms with Crippen molar-refractivity contribution >= 4 is 21.6 Å². The second-order valence-corrected chi connectivity index (χ2v) is 5.30. The van der Waals surface area contributed by atoms with E-state index in [1.165, 1.54) is 18.2 Å². The number of alkyl halides is 2. The SMILES string of the molecule is CC(Nc1ccc(Br)c(F)c1)c1cccc(OC(F)F)c1. The monoisotopic (exact) mass is 359 g/mol. The largest absolute Gasteiger partial charge is 0.435 e. The highest BCUT2D eigenvalue weighted by atomic mass is 79.9. The Hall–Kier alpha value is -1.69. The predicted molar refractivity (Wildman–Crippen MR) is 79.2 cm³/mol. The van der Waals surface area contributed by atoms with Crippen molar-refractivity contribution < 1.29 is 17.9 Å². The first-order valence-corrected chi connectivity index (χ1v) is 7.01. The number of hydrogen-bond acceptors (Lipinski definition) is 2. The second-order valence-electron chi connectivity index (χ2n) is 4.45. The third-order valence-corrected chi connectivity index (χ3v) is 3.53. The first-order valence-electron chi connectivity index (χ1n) is 6.22. The highest BCUT2D eigenvalue weighted by Gasteiger charge is 2.10. The summed E-state index contributed by atoms with van der Waals surface area (Å²) in [6.07, 6.45) is 0. The molecular formula is C15H13BrF3NO. The first kappa shape index (κ1) is 15.7. The molecule has 2 aromatic carbocycles. The molecule has 0 aliphatic rings. The maximum atomic E-state index is 13.4. The van der Waals surface area contributed by atoms with Gasteiger partial charge in [0.1, 0.15) is 11.6 Å². The molecule has 0 radical (unpaired) electrons. The van der Waals surface area contributed by atoms with Crippen molar-refractivity contribution in [3.63, 3.8) is 0 Å². The van der Waals surface area contributed by atoms with Crippen LogP contribution < -0.4 is 10.1 Å². The number of hydrogen-bond donors (Lipinski definition) is 1. The van der Waals surface area contributed by atoms with Gasteiger partial charge < -0.3 is 10.1 Å². The highest BCUT2D eigenvalue weighted by Crippen LogP contribution is 2.25. The maximum Gasteiger partial charge on any atom is 0.387 e. The Kier molecular flexibility index (Phi) is 5.12. The standard InChI is InChI=1S/C15H13BrF3NO/c1-9(20-11-5-6-13(16)14(17)8-11)10-3-2-4-12(7-10)21-15(18)19/h2-9,15,20H,1H3. The van der Waals surface area contributed by atoms with Crippen LogP contribution in [0.2, 0.25) is 0 Å². The van der Waals surface area contributed by atoms with Gasteiger partial charge in [-0.15, -0.1) is 0 Å². The van der Waals surface area contributed by atoms with Crippen molar-refractivity contribution in [3.8, 4) is 5.75 Å². The maximum absolute atomic E-state index is 13.4. The molecular weight excluding hydrogens is 347 g/mol. The van der Waals surface area contributed by atoms with E-state index in [-0.39, 0.29) is 17.6 Å². The molecule has 1 unspecified atom stereocenters. The molecule has 2 rings (SSSR count). The molecule has 0 amide bonds. The molecule has 2 nitrogen and oxygen atoms in total. The van der Waals surface area contributed by atoms with Gasteiger partial charge in [0.15, 0.2) is 0 Å². The van der Waals surface area contributed by atoms with Gasteiger partial charge in [-0.1, -0.05) is 12.1 Å². The van der Waals surface area contributed by atoms with Crippen LogP contribution in [0.3, 0.4) is 0 Å². The van der Waals surface area contributed by atoms with Gasteiger partial charge in [0.25, 0.3) is 0 Å². The molecule has 0 saturated heterocycles. The first-order chi connectivity index (χ1) is 9.95. The lowest BCUT2D eigenvalue weighted by Gasteiger charge is -2.17. The summed E-state index contributed by atoms with van der Waals surface area (Å²) >= 11 is 3.08. The van der Waals surface area contributed by atoms with Crippen molar-refractivity contribution in [3.05, 3.63) is 58.3 Å². The summed E-state index contributed by atoms with van der Waals surface area (Å²) in [5.74, 6) is -0.278. The summed E-state index contributed by atoms with van der Waals surface area (Å²) in [5, 5.41) is 3.10. The van der Waals surface area contributed by atoms with Crippen LogP contribution in [0.15, 0.2) is 46.9 Å². The zero-order chi connectivity index (χ0) is 15.4. The summed E-state index contributed by atoms with van der Waals surface area (Å²) in [7, 11) is 0. The normalized spacial score (nSPS) is 12.3. The van der Waals surface area contributed by atoms with E-state index in [0.29, 0.717) is 10.2 Å². The Morgan fingerprint density at radius 2 is 1.90 bits per heavy atom. The number of ether oxygens (including phenoxy) is 1. The summed E-state index contributed by atoms with van der Waals surface area (Å²) in [6, 6.07) is 10.9. The number of benzene rings is 2. The lowest BCUT2D eigenvalue weighted by Crippen LogP contribution is -2.08. The lowest BCUT2D eigenvalue weighted by molar-refractivity contribution is -0.0498. The Bertz CT molecular complexity index is 622. The Balaban J connectivity index is 2.12. The van der Waals surface area contributed by atoms with E-state index in [4.69, 9.17) is 0 Å². The molecule has 1 N–H and O–H groups in total. The molecule has 21 heavy (non-hydrogen) atoms. The molecule has 0 spiro atoms. The number of halogens is 4. The molecule has 0 heterocycles. The van der Waals surface area contributed by atoms with Crippen molar-refractivity contribution in [1.29, 1.82) is 0 Å². The van der Waals surface area contributed by atoms with E-state index in [2.05, 4.69) is 26.0 Å². The molecule has 2 aromatic rings. The lowest BCUT2D eigenvalue weighted by atomic mass is 10.1. The molecule has 0 fully saturated rings. The van der Waals surface area contributed by atoms with Crippen LogP contribution in [0.5, 0.6) is 5.75 Å². The average Bonchev–Trinajstić information content (AvgIpc) is 2.42. The smallest absolute Gasteiger partial charge is 0.387 e. The minimum atomic E-state index is -2.86. The molecule has 0 saturated carbocycles. The van der Waals surface area contributed by atoms with Gasteiger partial charge in [0.05, 0.1) is 4.47 Å². The van der Waals surface area contributed by atoms with Crippen molar-refractivity contribution in [2.45, 2.75) is 19.6 Å². The van der Waals surface area contributed by atoms with Gasteiger partial charge in [-0.25, -0.2) is 4.39 Å². The van der Waals surface area contributed by atoms with Gasteiger partial charge in [-0.2, -0.15) is 8.78 Å². The van der Waals surface area contributed by atoms with E-state index in [1.54, 1.807) is 24.3 Å². The van der Waals surface area contributed by atoms with Crippen LogP contribution in [0, 0.1) is 5.82 Å². The molecule has 0 bridgehead atoms. The Labute approximate surface area is 129 Å². The van der Waals surface area contributed by atoms with Crippen LogP contribution in [0.4, 0.5) is 18.9 Å². The Morgan fingerprint density at radius 3 is 2.57 bits per heavy atom. The van der Waals surface area contributed by atoms with Crippen LogP contribution in [0.1, 0.15) is 18.5 Å². The molecule has 1 atom stereocenters. The molecule has 112 valence electrons. The fraction of sp³-hybridized carbons (Fsp3) is 0.200. The molecule has 0 aromatic heterocycles. The molecule has 0 aliphatic carbocycles. The van der Waals surface area contributed by atoms with Crippen LogP contribution in [-0.4, -0.2) is 6.61 Å². The minimum Gasteiger partial charge on any atom is -0.435 e. The van der Waals surface area contributed by atoms with E-state index >= 15 is 0 Å². The van der Waals surface area contributed by atoms with E-state index < -0.39 is 6.61 Å². The third kappa shape index (κ3) is 4.39. The van der Waals surface area contributed by atoms with E-state index in [9.17, 15) is 13.2 Å². The average molecular weight is 360 g/mol. The van der Waals surface area contributed by atoms with Crippen molar-refractivity contribution in [1.82, 2.24) is 0 Å². The van der Waals surface area contributed by atoms with Gasteiger partial charge >= 0.3 is 6.61 Å².